The van der Waals surface area contributed by atoms with Crippen LogP contribution in [0.5, 0.6) is 0 Å². The molecule has 0 amide bonds. The Kier molecular flexibility index (Phi) is 4.53. The molecule has 17 heavy (non-hydrogen) atoms. The second-order valence-corrected chi connectivity index (χ2v) is 4.77. The van der Waals surface area contributed by atoms with Crippen LogP contribution in [0.1, 0.15) is 24.3 Å². The molecule has 96 valence electrons. The van der Waals surface area contributed by atoms with E-state index in [0.717, 1.165) is 37.8 Å². The first-order valence-electron chi connectivity index (χ1n) is 6.18. The zero-order chi connectivity index (χ0) is 12.1. The third-order valence-corrected chi connectivity index (χ3v) is 3.07. The summed E-state index contributed by atoms with van der Waals surface area (Å²) in [4.78, 5) is 2.25. The van der Waals surface area contributed by atoms with E-state index in [1.165, 1.54) is 12.8 Å². The Balaban J connectivity index is 1.77. The lowest BCUT2D eigenvalue weighted by molar-refractivity contribution is 0.0401. The van der Waals surface area contributed by atoms with Crippen molar-refractivity contribution in [3.05, 3.63) is 17.5 Å². The van der Waals surface area contributed by atoms with Crippen molar-refractivity contribution >= 4 is 0 Å². The molecule has 5 nitrogen and oxygen atoms in total. The summed E-state index contributed by atoms with van der Waals surface area (Å²) in [6.45, 7) is 4.06. The Morgan fingerprint density at radius 3 is 3.12 bits per heavy atom. The van der Waals surface area contributed by atoms with Gasteiger partial charge in [-0.3, -0.25) is 4.90 Å². The normalized spacial score (nSPS) is 21.0. The lowest BCUT2D eigenvalue weighted by Crippen LogP contribution is -2.30. The van der Waals surface area contributed by atoms with E-state index >= 15 is 0 Å². The average molecular weight is 239 g/mol. The van der Waals surface area contributed by atoms with Gasteiger partial charge >= 0.3 is 0 Å². The highest BCUT2D eigenvalue weighted by molar-refractivity contribution is 5.04. The van der Waals surface area contributed by atoms with E-state index in [1.807, 2.05) is 6.07 Å². The molecule has 1 saturated heterocycles. The molecule has 1 atom stereocenters. The average Bonchev–Trinajstić information content (AvgIpc) is 2.78. The van der Waals surface area contributed by atoms with Gasteiger partial charge in [-0.05, 0) is 25.8 Å². The van der Waals surface area contributed by atoms with Crippen LogP contribution in [0, 0.1) is 5.92 Å². The number of aromatic nitrogens is 1. The molecule has 1 aliphatic heterocycles. The van der Waals surface area contributed by atoms with Crippen LogP contribution in [0.25, 0.3) is 0 Å². The molecule has 1 fully saturated rings. The molecular weight excluding hydrogens is 218 g/mol. The van der Waals surface area contributed by atoms with Gasteiger partial charge in [-0.25, -0.2) is 0 Å². The highest BCUT2D eigenvalue weighted by Crippen LogP contribution is 2.15. The molecule has 0 spiro atoms. The van der Waals surface area contributed by atoms with Gasteiger partial charge in [0, 0.05) is 25.8 Å². The predicted molar refractivity (Wildman–Crippen MR) is 64.3 cm³/mol. The highest BCUT2D eigenvalue weighted by atomic mass is 16.5. The van der Waals surface area contributed by atoms with E-state index < -0.39 is 0 Å². The molecule has 0 saturated carbocycles. The second kappa shape index (κ2) is 6.14. The lowest BCUT2D eigenvalue weighted by atomic mass is 10.0. The Morgan fingerprint density at radius 2 is 2.47 bits per heavy atom. The molecule has 2 rings (SSSR count). The number of hydrogen-bond acceptors (Lipinski definition) is 5. The fraction of sp³-hybridized carbons (Fsp3) is 0.750. The van der Waals surface area contributed by atoms with Crippen LogP contribution < -0.4 is 5.73 Å². The minimum atomic E-state index is 0.434. The highest BCUT2D eigenvalue weighted by Gasteiger charge is 2.16. The van der Waals surface area contributed by atoms with Gasteiger partial charge in [0.05, 0.1) is 18.8 Å². The fourth-order valence-corrected chi connectivity index (χ4v) is 2.25. The maximum atomic E-state index is 5.49. The quantitative estimate of drug-likeness (QED) is 0.830. The molecule has 0 aliphatic carbocycles. The standard InChI is InChI=1S/C12H21N3O2/c1-15(7-10-3-2-4-16-9-10)8-12-5-11(6-13)14-17-12/h5,10H,2-4,6-9,13H2,1H3. The monoisotopic (exact) mass is 239 g/mol. The number of hydrogen-bond donors (Lipinski definition) is 1. The van der Waals surface area contributed by atoms with Crippen LogP contribution >= 0.6 is 0 Å². The Hall–Kier alpha value is -0.910. The van der Waals surface area contributed by atoms with Crippen molar-refractivity contribution in [3.63, 3.8) is 0 Å². The van der Waals surface area contributed by atoms with Crippen LogP contribution in [0.4, 0.5) is 0 Å². The van der Waals surface area contributed by atoms with Crippen molar-refractivity contribution < 1.29 is 9.26 Å². The molecule has 2 N–H and O–H groups in total. The number of rotatable bonds is 5. The molecule has 1 aromatic heterocycles. The Morgan fingerprint density at radius 1 is 1.59 bits per heavy atom. The molecule has 5 heteroatoms. The van der Waals surface area contributed by atoms with Gasteiger partial charge in [0.25, 0.3) is 0 Å². The topological polar surface area (TPSA) is 64.5 Å². The maximum absolute atomic E-state index is 5.49. The molecule has 1 aliphatic rings. The third-order valence-electron chi connectivity index (χ3n) is 3.07. The first-order valence-corrected chi connectivity index (χ1v) is 6.18. The van der Waals surface area contributed by atoms with Crippen molar-refractivity contribution in [2.24, 2.45) is 11.7 Å². The molecule has 1 unspecified atom stereocenters. The van der Waals surface area contributed by atoms with Crippen LogP contribution in [0.15, 0.2) is 10.6 Å². The second-order valence-electron chi connectivity index (χ2n) is 4.77. The zero-order valence-electron chi connectivity index (χ0n) is 10.4. The van der Waals surface area contributed by atoms with E-state index in [1.54, 1.807) is 0 Å². The van der Waals surface area contributed by atoms with Gasteiger partial charge in [0.15, 0.2) is 5.76 Å². The van der Waals surface area contributed by atoms with E-state index in [-0.39, 0.29) is 0 Å². The summed E-state index contributed by atoms with van der Waals surface area (Å²) in [6.07, 6.45) is 2.44. The van der Waals surface area contributed by atoms with E-state index in [2.05, 4.69) is 17.1 Å². The van der Waals surface area contributed by atoms with Crippen LogP contribution in [0.2, 0.25) is 0 Å². The van der Waals surface area contributed by atoms with Crippen molar-refractivity contribution in [3.8, 4) is 0 Å². The van der Waals surface area contributed by atoms with Crippen LogP contribution in [-0.4, -0.2) is 36.9 Å². The fourth-order valence-electron chi connectivity index (χ4n) is 2.25. The summed E-state index contributed by atoms with van der Waals surface area (Å²) in [5.41, 5.74) is 6.31. The van der Waals surface area contributed by atoms with Gasteiger partial charge in [0.1, 0.15) is 0 Å². The molecule has 1 aromatic rings. The first-order chi connectivity index (χ1) is 8.28. The number of ether oxygens (including phenoxy) is 1. The van der Waals surface area contributed by atoms with Crippen molar-refractivity contribution in [1.29, 1.82) is 0 Å². The maximum Gasteiger partial charge on any atom is 0.151 e. The zero-order valence-corrected chi connectivity index (χ0v) is 10.4. The molecular formula is C12H21N3O2. The van der Waals surface area contributed by atoms with Crippen molar-refractivity contribution in [2.75, 3.05) is 26.8 Å². The summed E-state index contributed by atoms with van der Waals surface area (Å²) in [5.74, 6) is 1.52. The predicted octanol–water partition coefficient (Wildman–Crippen LogP) is 0.992. The minimum Gasteiger partial charge on any atom is -0.381 e. The summed E-state index contributed by atoms with van der Waals surface area (Å²) in [7, 11) is 2.10. The van der Waals surface area contributed by atoms with Crippen LogP contribution in [0.3, 0.4) is 0 Å². The van der Waals surface area contributed by atoms with Crippen molar-refractivity contribution in [2.45, 2.75) is 25.9 Å². The summed E-state index contributed by atoms with van der Waals surface area (Å²) >= 11 is 0. The molecule has 0 radical (unpaired) electrons. The summed E-state index contributed by atoms with van der Waals surface area (Å²) in [5, 5.41) is 3.88. The molecule has 0 aromatic carbocycles. The van der Waals surface area contributed by atoms with Crippen molar-refractivity contribution in [1.82, 2.24) is 10.1 Å². The van der Waals surface area contributed by atoms with E-state index in [9.17, 15) is 0 Å². The van der Waals surface area contributed by atoms with Gasteiger partial charge in [-0.1, -0.05) is 5.16 Å². The third kappa shape index (κ3) is 3.80. The minimum absolute atomic E-state index is 0.434. The number of nitrogens with zero attached hydrogens (tertiary/aromatic N) is 2. The Bertz CT molecular complexity index is 334. The van der Waals surface area contributed by atoms with Gasteiger partial charge in [-0.15, -0.1) is 0 Å². The van der Waals surface area contributed by atoms with E-state index in [4.69, 9.17) is 15.0 Å². The largest absolute Gasteiger partial charge is 0.381 e. The van der Waals surface area contributed by atoms with Crippen LogP contribution in [-0.2, 0) is 17.8 Å². The smallest absolute Gasteiger partial charge is 0.151 e. The molecule has 0 bridgehead atoms. The van der Waals surface area contributed by atoms with Gasteiger partial charge in [0.2, 0.25) is 0 Å². The lowest BCUT2D eigenvalue weighted by Gasteiger charge is -2.26. The summed E-state index contributed by atoms with van der Waals surface area (Å²) < 4.78 is 10.7. The first kappa shape index (κ1) is 12.5. The Labute approximate surface area is 102 Å². The van der Waals surface area contributed by atoms with Gasteiger partial charge in [-0.2, -0.15) is 0 Å². The number of nitrogens with two attached hydrogens (primary N) is 1. The van der Waals surface area contributed by atoms with Gasteiger partial charge < -0.3 is 15.0 Å². The van der Waals surface area contributed by atoms with E-state index in [0.29, 0.717) is 12.5 Å². The molecule has 2 heterocycles. The SMILES string of the molecule is CN(Cc1cc(CN)no1)CC1CCCOC1. The summed E-state index contributed by atoms with van der Waals surface area (Å²) in [6, 6.07) is 1.92.